The topological polar surface area (TPSA) is 32.3 Å². The van der Waals surface area contributed by atoms with E-state index < -0.39 is 0 Å². The van der Waals surface area contributed by atoms with Gasteiger partial charge >= 0.3 is 6.03 Å². The quantitative estimate of drug-likeness (QED) is 0.827. The van der Waals surface area contributed by atoms with Gasteiger partial charge in [-0.3, -0.25) is 0 Å². The molecule has 0 bridgehead atoms. The lowest BCUT2D eigenvalue weighted by Crippen LogP contribution is -2.52. The highest BCUT2D eigenvalue weighted by atomic mass is 32.2. The van der Waals surface area contributed by atoms with Gasteiger partial charge in [-0.2, -0.15) is 11.8 Å². The summed E-state index contributed by atoms with van der Waals surface area (Å²) in [6, 6.07) is 0.739. The van der Waals surface area contributed by atoms with Crippen molar-refractivity contribution in [3.8, 4) is 0 Å². The van der Waals surface area contributed by atoms with Crippen LogP contribution in [0.2, 0.25) is 0 Å². The van der Waals surface area contributed by atoms with Crippen molar-refractivity contribution in [1.29, 1.82) is 0 Å². The van der Waals surface area contributed by atoms with Gasteiger partial charge in [0.25, 0.3) is 0 Å². The second kappa shape index (κ2) is 6.38. The summed E-state index contributed by atoms with van der Waals surface area (Å²) in [7, 11) is 0. The second-order valence-electron chi connectivity index (χ2n) is 4.86. The molecule has 1 fully saturated rings. The van der Waals surface area contributed by atoms with E-state index in [0.717, 1.165) is 18.7 Å². The van der Waals surface area contributed by atoms with Crippen molar-refractivity contribution in [3.63, 3.8) is 0 Å². The molecule has 1 N–H and O–H groups in total. The third kappa shape index (κ3) is 3.58. The van der Waals surface area contributed by atoms with Crippen LogP contribution in [-0.4, -0.2) is 41.6 Å². The zero-order valence-electron chi connectivity index (χ0n) is 10.8. The molecule has 0 spiro atoms. The Morgan fingerprint density at radius 2 is 2.25 bits per heavy atom. The van der Waals surface area contributed by atoms with E-state index in [1.165, 1.54) is 6.42 Å². The maximum absolute atomic E-state index is 12.0. The first-order valence-corrected chi connectivity index (χ1v) is 7.51. The number of thioether (sulfide) groups is 1. The number of hydrogen-bond donors (Lipinski definition) is 1. The molecule has 4 heteroatoms. The summed E-state index contributed by atoms with van der Waals surface area (Å²) in [6.45, 7) is 7.36. The first-order valence-electron chi connectivity index (χ1n) is 6.12. The highest BCUT2D eigenvalue weighted by Gasteiger charge is 2.28. The van der Waals surface area contributed by atoms with E-state index in [2.05, 4.69) is 32.3 Å². The highest BCUT2D eigenvalue weighted by molar-refractivity contribution is 7.98. The molecule has 3 nitrogen and oxygen atoms in total. The minimum Gasteiger partial charge on any atom is -0.335 e. The first-order chi connectivity index (χ1) is 7.56. The highest BCUT2D eigenvalue weighted by Crippen LogP contribution is 2.22. The molecule has 1 heterocycles. The molecular formula is C12H24N2OS. The summed E-state index contributed by atoms with van der Waals surface area (Å²) in [4.78, 5) is 14.0. The lowest BCUT2D eigenvalue weighted by Gasteiger charge is -2.38. The Balaban J connectivity index is 2.46. The normalized spacial score (nSPS) is 27.6. The van der Waals surface area contributed by atoms with Crippen LogP contribution in [0.3, 0.4) is 0 Å². The van der Waals surface area contributed by atoms with Gasteiger partial charge in [0.2, 0.25) is 0 Å². The molecule has 1 rings (SSSR count). The molecule has 0 saturated carbocycles. The van der Waals surface area contributed by atoms with Gasteiger partial charge in [0.15, 0.2) is 0 Å². The van der Waals surface area contributed by atoms with Gasteiger partial charge in [0.1, 0.15) is 0 Å². The maximum atomic E-state index is 12.0. The van der Waals surface area contributed by atoms with Crippen LogP contribution in [0.5, 0.6) is 0 Å². The van der Waals surface area contributed by atoms with Gasteiger partial charge in [-0.15, -0.1) is 0 Å². The molecule has 0 radical (unpaired) electrons. The van der Waals surface area contributed by atoms with Crippen LogP contribution >= 0.6 is 11.8 Å². The standard InChI is InChI=1S/C12H24N2OS/c1-9-6-5-7-14(11(9)3)12(15)13-10(2)8-16-4/h9-11H,5-8H2,1-4H3,(H,13,15)/t9-,10-,11+/m0/s1. The summed E-state index contributed by atoms with van der Waals surface area (Å²) in [5.41, 5.74) is 0. The summed E-state index contributed by atoms with van der Waals surface area (Å²) >= 11 is 1.77. The molecule has 16 heavy (non-hydrogen) atoms. The van der Waals surface area contributed by atoms with Crippen molar-refractivity contribution in [2.45, 2.75) is 45.7 Å². The number of carbonyl (C=O) groups is 1. The van der Waals surface area contributed by atoms with Crippen molar-refractivity contribution >= 4 is 17.8 Å². The lowest BCUT2D eigenvalue weighted by molar-refractivity contribution is 0.127. The largest absolute Gasteiger partial charge is 0.335 e. The van der Waals surface area contributed by atoms with E-state index in [0.29, 0.717) is 12.0 Å². The number of rotatable bonds is 3. The average molecular weight is 244 g/mol. The molecule has 3 atom stereocenters. The fraction of sp³-hybridized carbons (Fsp3) is 0.917. The zero-order chi connectivity index (χ0) is 12.1. The fourth-order valence-electron chi connectivity index (χ4n) is 2.21. The monoisotopic (exact) mass is 244 g/mol. The maximum Gasteiger partial charge on any atom is 0.317 e. The smallest absolute Gasteiger partial charge is 0.317 e. The van der Waals surface area contributed by atoms with Crippen molar-refractivity contribution in [1.82, 2.24) is 10.2 Å². The minimum absolute atomic E-state index is 0.112. The number of urea groups is 1. The number of nitrogens with zero attached hydrogens (tertiary/aromatic N) is 1. The van der Waals surface area contributed by atoms with E-state index in [1.807, 2.05) is 4.90 Å². The summed E-state index contributed by atoms with van der Waals surface area (Å²) in [6.07, 6.45) is 4.44. The molecule has 1 aliphatic rings. The predicted molar refractivity (Wildman–Crippen MR) is 70.9 cm³/mol. The first kappa shape index (κ1) is 13.7. The number of piperidine rings is 1. The molecule has 94 valence electrons. The fourth-order valence-corrected chi connectivity index (χ4v) is 2.79. The van der Waals surface area contributed by atoms with E-state index in [1.54, 1.807) is 11.8 Å². The SMILES string of the molecule is CSC[C@H](C)NC(=O)N1CCC[C@H](C)[C@H]1C. The number of likely N-dealkylation sites (tertiary alicyclic amines) is 1. The Bertz CT molecular complexity index is 235. The number of carbonyl (C=O) groups excluding carboxylic acids is 1. The average Bonchev–Trinajstić information content (AvgIpc) is 2.22. The van der Waals surface area contributed by atoms with Gasteiger partial charge in [-0.05, 0) is 38.9 Å². The van der Waals surface area contributed by atoms with Crippen molar-refractivity contribution in [3.05, 3.63) is 0 Å². The van der Waals surface area contributed by atoms with E-state index in [-0.39, 0.29) is 12.1 Å². The van der Waals surface area contributed by atoms with Gasteiger partial charge in [0.05, 0.1) is 0 Å². The van der Waals surface area contributed by atoms with Crippen LogP contribution in [0.4, 0.5) is 4.79 Å². The zero-order valence-corrected chi connectivity index (χ0v) is 11.6. The van der Waals surface area contributed by atoms with Crippen LogP contribution in [0, 0.1) is 5.92 Å². The van der Waals surface area contributed by atoms with Crippen LogP contribution in [0.25, 0.3) is 0 Å². The van der Waals surface area contributed by atoms with Crippen molar-refractivity contribution in [2.24, 2.45) is 5.92 Å². The molecule has 1 saturated heterocycles. The molecular weight excluding hydrogens is 220 g/mol. The minimum atomic E-state index is 0.112. The molecule has 0 unspecified atom stereocenters. The van der Waals surface area contributed by atoms with Gasteiger partial charge in [0, 0.05) is 24.4 Å². The Morgan fingerprint density at radius 1 is 1.56 bits per heavy atom. The van der Waals surface area contributed by atoms with Gasteiger partial charge in [-0.1, -0.05) is 6.92 Å². The van der Waals surface area contributed by atoms with E-state index in [9.17, 15) is 4.79 Å². The Morgan fingerprint density at radius 3 is 2.88 bits per heavy atom. The Hall–Kier alpha value is -0.380. The molecule has 1 aliphatic heterocycles. The molecule has 0 aromatic rings. The second-order valence-corrected chi connectivity index (χ2v) is 5.77. The van der Waals surface area contributed by atoms with Crippen molar-refractivity contribution in [2.75, 3.05) is 18.6 Å². The molecule has 0 aromatic carbocycles. The summed E-state index contributed by atoms with van der Waals surface area (Å²) < 4.78 is 0. The summed E-state index contributed by atoms with van der Waals surface area (Å²) in [5.74, 6) is 1.60. The van der Waals surface area contributed by atoms with E-state index >= 15 is 0 Å². The van der Waals surface area contributed by atoms with Crippen LogP contribution < -0.4 is 5.32 Å². The third-order valence-corrected chi connectivity index (χ3v) is 4.25. The number of amides is 2. The Kier molecular flexibility index (Phi) is 5.46. The lowest BCUT2D eigenvalue weighted by atomic mass is 9.92. The van der Waals surface area contributed by atoms with Crippen LogP contribution in [0.1, 0.15) is 33.6 Å². The molecule has 0 aromatic heterocycles. The predicted octanol–water partition coefficient (Wildman–Crippen LogP) is 2.57. The van der Waals surface area contributed by atoms with Crippen LogP contribution in [0.15, 0.2) is 0 Å². The number of nitrogens with one attached hydrogen (secondary N) is 1. The van der Waals surface area contributed by atoms with Crippen molar-refractivity contribution < 1.29 is 4.79 Å². The molecule has 2 amide bonds. The van der Waals surface area contributed by atoms with Gasteiger partial charge < -0.3 is 10.2 Å². The van der Waals surface area contributed by atoms with Gasteiger partial charge in [-0.25, -0.2) is 4.79 Å². The molecule has 0 aliphatic carbocycles. The Labute approximate surface area is 103 Å². The number of hydrogen-bond acceptors (Lipinski definition) is 2. The third-order valence-electron chi connectivity index (χ3n) is 3.42. The van der Waals surface area contributed by atoms with Crippen LogP contribution in [-0.2, 0) is 0 Å². The van der Waals surface area contributed by atoms with E-state index in [4.69, 9.17) is 0 Å². The summed E-state index contributed by atoms with van der Waals surface area (Å²) in [5, 5.41) is 3.07.